The van der Waals surface area contributed by atoms with Gasteiger partial charge < -0.3 is 9.84 Å². The molecule has 1 N–H and O–H groups in total. The Kier molecular flexibility index (Phi) is 3.81. The molecule has 1 aromatic carbocycles. The molecule has 0 aliphatic carbocycles. The van der Waals surface area contributed by atoms with Crippen molar-refractivity contribution in [1.82, 2.24) is 15.5 Å². The highest BCUT2D eigenvalue weighted by atomic mass is 16.5. The van der Waals surface area contributed by atoms with Crippen molar-refractivity contribution < 1.29 is 4.52 Å². The maximum atomic E-state index is 5.53. The van der Waals surface area contributed by atoms with E-state index in [1.165, 1.54) is 18.4 Å². The van der Waals surface area contributed by atoms with Crippen LogP contribution in [0.3, 0.4) is 0 Å². The average Bonchev–Trinajstić information content (AvgIpc) is 2.96. The lowest BCUT2D eigenvalue weighted by molar-refractivity contribution is 0.146. The van der Waals surface area contributed by atoms with Crippen LogP contribution >= 0.6 is 0 Å². The van der Waals surface area contributed by atoms with Gasteiger partial charge in [-0.1, -0.05) is 50.2 Å². The van der Waals surface area contributed by atoms with E-state index in [9.17, 15) is 0 Å². The van der Waals surface area contributed by atoms with Gasteiger partial charge in [-0.25, -0.2) is 0 Å². The van der Waals surface area contributed by atoms with Gasteiger partial charge in [-0.15, -0.1) is 0 Å². The number of hydrogen-bond donors (Lipinski definition) is 1. The molecule has 4 heteroatoms. The number of aromatic nitrogens is 2. The van der Waals surface area contributed by atoms with Crippen LogP contribution in [0, 0.1) is 5.41 Å². The Morgan fingerprint density at radius 3 is 2.71 bits per heavy atom. The first-order chi connectivity index (χ1) is 10.1. The first kappa shape index (κ1) is 14.3. The molecule has 1 aromatic heterocycles. The fourth-order valence-electron chi connectivity index (χ4n) is 2.99. The Morgan fingerprint density at radius 1 is 1.29 bits per heavy atom. The van der Waals surface area contributed by atoms with Crippen LogP contribution < -0.4 is 5.32 Å². The number of aryl methyl sites for hydroxylation is 1. The summed E-state index contributed by atoms with van der Waals surface area (Å²) in [5.74, 6) is 1.38. The third-order valence-corrected chi connectivity index (χ3v) is 4.44. The maximum Gasteiger partial charge on any atom is 0.244 e. The molecule has 21 heavy (non-hydrogen) atoms. The molecule has 0 bridgehead atoms. The summed E-state index contributed by atoms with van der Waals surface area (Å²) < 4.78 is 5.53. The van der Waals surface area contributed by atoms with E-state index in [1.54, 1.807) is 0 Å². The Morgan fingerprint density at radius 2 is 2.05 bits per heavy atom. The van der Waals surface area contributed by atoms with E-state index in [0.717, 1.165) is 18.5 Å². The largest absolute Gasteiger partial charge is 0.337 e. The van der Waals surface area contributed by atoms with Gasteiger partial charge in [-0.3, -0.25) is 0 Å². The number of hydrogen-bond acceptors (Lipinski definition) is 4. The van der Waals surface area contributed by atoms with Gasteiger partial charge in [0.15, 0.2) is 0 Å². The molecule has 1 atom stereocenters. The quantitative estimate of drug-likeness (QED) is 0.933. The summed E-state index contributed by atoms with van der Waals surface area (Å²) in [6, 6.07) is 8.50. The van der Waals surface area contributed by atoms with Crippen molar-refractivity contribution in [2.75, 3.05) is 6.54 Å². The molecule has 0 radical (unpaired) electrons. The predicted octanol–water partition coefficient (Wildman–Crippen LogP) is 3.75. The van der Waals surface area contributed by atoms with Gasteiger partial charge in [0.2, 0.25) is 11.7 Å². The lowest BCUT2D eigenvalue weighted by atomic mass is 9.77. The Bertz CT molecular complexity index is 601. The van der Waals surface area contributed by atoms with E-state index in [0.29, 0.717) is 11.7 Å². The van der Waals surface area contributed by atoms with E-state index in [2.05, 4.69) is 60.5 Å². The van der Waals surface area contributed by atoms with E-state index in [-0.39, 0.29) is 11.5 Å². The summed E-state index contributed by atoms with van der Waals surface area (Å²) in [7, 11) is 0. The van der Waals surface area contributed by atoms with Crippen LogP contribution in [0.25, 0.3) is 11.4 Å². The van der Waals surface area contributed by atoms with Gasteiger partial charge in [0, 0.05) is 5.56 Å². The SMILES string of the molecule is CCc1ccc(-c2noc(C3NCCCC3(C)C)n2)cc1. The molecule has 0 saturated carbocycles. The molecule has 1 fully saturated rings. The van der Waals surface area contributed by atoms with Crippen molar-refractivity contribution in [3.8, 4) is 11.4 Å². The Labute approximate surface area is 126 Å². The molecule has 1 unspecified atom stereocenters. The van der Waals surface area contributed by atoms with Crippen molar-refractivity contribution in [3.05, 3.63) is 35.7 Å². The lowest BCUT2D eigenvalue weighted by Gasteiger charge is -2.36. The molecule has 0 amide bonds. The number of nitrogens with one attached hydrogen (secondary N) is 1. The summed E-state index contributed by atoms with van der Waals surface area (Å²) >= 11 is 0. The molecule has 1 aliphatic rings. The van der Waals surface area contributed by atoms with Crippen molar-refractivity contribution in [2.24, 2.45) is 5.41 Å². The summed E-state index contributed by atoms with van der Waals surface area (Å²) in [6.45, 7) is 7.67. The molecule has 1 saturated heterocycles. The van der Waals surface area contributed by atoms with Gasteiger partial charge in [-0.2, -0.15) is 4.98 Å². The fraction of sp³-hybridized carbons (Fsp3) is 0.529. The summed E-state index contributed by atoms with van der Waals surface area (Å²) in [5, 5.41) is 7.67. The highest BCUT2D eigenvalue weighted by molar-refractivity contribution is 5.54. The molecule has 2 heterocycles. The summed E-state index contributed by atoms with van der Waals surface area (Å²) in [5.41, 5.74) is 2.47. The predicted molar refractivity (Wildman–Crippen MR) is 82.9 cm³/mol. The van der Waals surface area contributed by atoms with Crippen molar-refractivity contribution >= 4 is 0 Å². The van der Waals surface area contributed by atoms with Crippen molar-refractivity contribution in [3.63, 3.8) is 0 Å². The van der Waals surface area contributed by atoms with E-state index in [1.807, 2.05) is 0 Å². The van der Waals surface area contributed by atoms with E-state index >= 15 is 0 Å². The third-order valence-electron chi connectivity index (χ3n) is 4.44. The molecule has 112 valence electrons. The van der Waals surface area contributed by atoms with Crippen LogP contribution in [0.2, 0.25) is 0 Å². The smallest absolute Gasteiger partial charge is 0.244 e. The third kappa shape index (κ3) is 2.86. The second-order valence-electron chi connectivity index (χ2n) is 6.49. The molecular formula is C17H23N3O. The molecule has 4 nitrogen and oxygen atoms in total. The average molecular weight is 285 g/mol. The van der Waals surface area contributed by atoms with Gasteiger partial charge in [0.05, 0.1) is 6.04 Å². The minimum absolute atomic E-state index is 0.141. The fourth-order valence-corrected chi connectivity index (χ4v) is 2.99. The van der Waals surface area contributed by atoms with Crippen LogP contribution in [0.15, 0.2) is 28.8 Å². The zero-order chi connectivity index (χ0) is 14.9. The topological polar surface area (TPSA) is 51.0 Å². The summed E-state index contributed by atoms with van der Waals surface area (Å²) in [6.07, 6.45) is 3.41. The second kappa shape index (κ2) is 5.60. The van der Waals surface area contributed by atoms with Gasteiger partial charge in [0.25, 0.3) is 0 Å². The Balaban J connectivity index is 1.85. The standard InChI is InChI=1S/C17H23N3O/c1-4-12-6-8-13(9-7-12)15-19-16(21-20-15)14-17(2,3)10-5-11-18-14/h6-9,14,18H,4-5,10-11H2,1-3H3. The molecular weight excluding hydrogens is 262 g/mol. The zero-order valence-electron chi connectivity index (χ0n) is 13.0. The van der Waals surface area contributed by atoms with Crippen molar-refractivity contribution in [2.45, 2.75) is 46.1 Å². The maximum absolute atomic E-state index is 5.53. The first-order valence-corrected chi connectivity index (χ1v) is 7.76. The number of piperidine rings is 1. The molecule has 2 aromatic rings. The monoisotopic (exact) mass is 285 g/mol. The molecule has 1 aliphatic heterocycles. The number of rotatable bonds is 3. The number of benzene rings is 1. The zero-order valence-corrected chi connectivity index (χ0v) is 13.0. The first-order valence-electron chi connectivity index (χ1n) is 7.76. The van der Waals surface area contributed by atoms with Gasteiger partial charge in [-0.05, 0) is 36.8 Å². The molecule has 0 spiro atoms. The summed E-state index contributed by atoms with van der Waals surface area (Å²) in [4.78, 5) is 4.62. The second-order valence-corrected chi connectivity index (χ2v) is 6.49. The van der Waals surface area contributed by atoms with Crippen LogP contribution in [0.5, 0.6) is 0 Å². The highest BCUT2D eigenvalue weighted by Crippen LogP contribution is 2.39. The van der Waals surface area contributed by atoms with E-state index in [4.69, 9.17) is 4.52 Å². The van der Waals surface area contributed by atoms with Crippen LogP contribution in [-0.2, 0) is 6.42 Å². The molecule has 3 rings (SSSR count). The Hall–Kier alpha value is -1.68. The minimum Gasteiger partial charge on any atom is -0.337 e. The van der Waals surface area contributed by atoms with Crippen LogP contribution in [0.1, 0.15) is 51.1 Å². The van der Waals surface area contributed by atoms with Gasteiger partial charge >= 0.3 is 0 Å². The van der Waals surface area contributed by atoms with Gasteiger partial charge in [0.1, 0.15) is 0 Å². The normalized spacial score (nSPS) is 21.4. The number of nitrogens with zero attached hydrogens (tertiary/aromatic N) is 2. The highest BCUT2D eigenvalue weighted by Gasteiger charge is 2.37. The van der Waals surface area contributed by atoms with E-state index < -0.39 is 0 Å². The van der Waals surface area contributed by atoms with Crippen molar-refractivity contribution in [1.29, 1.82) is 0 Å². The van der Waals surface area contributed by atoms with Crippen LogP contribution in [0.4, 0.5) is 0 Å². The van der Waals surface area contributed by atoms with Crippen LogP contribution in [-0.4, -0.2) is 16.7 Å². The minimum atomic E-state index is 0.141. The lowest BCUT2D eigenvalue weighted by Crippen LogP contribution is -2.39.